The molecule has 7 heteroatoms. The van der Waals surface area contributed by atoms with E-state index in [2.05, 4.69) is 10.5 Å². The molecule has 1 atom stereocenters. The number of amides is 1. The molecule has 0 saturated carbocycles. The van der Waals surface area contributed by atoms with Crippen LogP contribution in [0, 0.1) is 6.92 Å². The molecule has 2 N–H and O–H groups in total. The van der Waals surface area contributed by atoms with Gasteiger partial charge in [-0.2, -0.15) is 0 Å². The number of nitrogens with one attached hydrogen (secondary N) is 1. The third-order valence-corrected chi connectivity index (χ3v) is 7.19. The van der Waals surface area contributed by atoms with E-state index in [0.29, 0.717) is 28.6 Å². The van der Waals surface area contributed by atoms with Crippen LogP contribution in [-0.2, 0) is 16.6 Å². The number of carbonyl (C=O) groups is 1. The van der Waals surface area contributed by atoms with E-state index in [1.54, 1.807) is 31.4 Å². The van der Waals surface area contributed by atoms with E-state index in [1.165, 1.54) is 0 Å². The van der Waals surface area contributed by atoms with E-state index in [9.17, 15) is 14.7 Å². The van der Waals surface area contributed by atoms with Crippen molar-refractivity contribution >= 4 is 33.3 Å². The summed E-state index contributed by atoms with van der Waals surface area (Å²) in [6.45, 7) is 5.75. The lowest BCUT2D eigenvalue weighted by atomic mass is 9.72. The average molecular weight is 511 g/mol. The van der Waals surface area contributed by atoms with Crippen molar-refractivity contribution in [3.8, 4) is 0 Å². The van der Waals surface area contributed by atoms with Crippen LogP contribution in [-0.4, -0.2) is 21.8 Å². The Hall–Kier alpha value is -4.23. The van der Waals surface area contributed by atoms with E-state index >= 15 is 0 Å². The summed E-state index contributed by atoms with van der Waals surface area (Å²) in [5.74, 6) is -0.513. The van der Waals surface area contributed by atoms with Gasteiger partial charge in [-0.05, 0) is 61.4 Å². The lowest BCUT2D eigenvalue weighted by Gasteiger charge is -2.36. The third-order valence-electron chi connectivity index (χ3n) is 7.19. The minimum atomic E-state index is -1.70. The first-order valence-corrected chi connectivity index (χ1v) is 12.6. The molecule has 3 aromatic carbocycles. The van der Waals surface area contributed by atoms with Crippen LogP contribution in [0.5, 0.6) is 0 Å². The van der Waals surface area contributed by atoms with Crippen molar-refractivity contribution in [3.63, 3.8) is 0 Å². The predicted molar refractivity (Wildman–Crippen MR) is 147 cm³/mol. The zero-order valence-electron chi connectivity index (χ0n) is 21.7. The molecule has 0 radical (unpaired) electrons. The molecule has 2 aromatic heterocycles. The topological polar surface area (TPSA) is 106 Å². The van der Waals surface area contributed by atoms with Gasteiger partial charge in [-0.3, -0.25) is 4.79 Å². The molecule has 1 unspecified atom stereocenters. The Bertz CT molecular complexity index is 1670. The number of fused-ring (bicyclic) bond motifs is 2. The molecule has 0 saturated heterocycles. The highest BCUT2D eigenvalue weighted by Crippen LogP contribution is 2.39. The maximum atomic E-state index is 13.8. The van der Waals surface area contributed by atoms with Crippen LogP contribution in [0.3, 0.4) is 0 Å². The van der Waals surface area contributed by atoms with Crippen LogP contribution in [0.1, 0.15) is 43.5 Å². The molecule has 5 rings (SSSR count). The number of furan rings is 1. The molecule has 7 nitrogen and oxygen atoms in total. The lowest BCUT2D eigenvalue weighted by Crippen LogP contribution is -2.47. The Labute approximate surface area is 220 Å². The number of aryl methyl sites for hydroxylation is 2. The monoisotopic (exact) mass is 510 g/mol. The van der Waals surface area contributed by atoms with Crippen LogP contribution in [0.2, 0.25) is 0 Å². The highest BCUT2D eigenvalue weighted by Gasteiger charge is 2.42. The number of benzene rings is 3. The molecule has 0 spiro atoms. The highest BCUT2D eigenvalue weighted by atomic mass is 16.5. The van der Waals surface area contributed by atoms with E-state index in [-0.39, 0.29) is 12.8 Å². The lowest BCUT2D eigenvalue weighted by molar-refractivity contribution is -0.137. The third kappa shape index (κ3) is 4.97. The second-order valence-electron chi connectivity index (χ2n) is 10.5. The number of aromatic nitrogens is 1. The number of carbonyl (C=O) groups excluding carboxylic acids is 1. The summed E-state index contributed by atoms with van der Waals surface area (Å²) in [5, 5.41) is 20.6. The van der Waals surface area contributed by atoms with Crippen molar-refractivity contribution in [2.24, 2.45) is 0 Å². The van der Waals surface area contributed by atoms with Crippen LogP contribution >= 0.6 is 0 Å². The summed E-state index contributed by atoms with van der Waals surface area (Å²) in [4.78, 5) is 25.8. The summed E-state index contributed by atoms with van der Waals surface area (Å²) in [7, 11) is 0. The first-order valence-electron chi connectivity index (χ1n) is 12.6. The predicted octanol–water partition coefficient (Wildman–Crippen LogP) is 5.91. The fraction of sp³-hybridized carbons (Fsp3) is 0.258. The molecule has 0 fully saturated rings. The zero-order valence-corrected chi connectivity index (χ0v) is 21.7. The zero-order chi connectivity index (χ0) is 26.9. The van der Waals surface area contributed by atoms with Gasteiger partial charge in [0, 0.05) is 22.0 Å². The fourth-order valence-electron chi connectivity index (χ4n) is 5.19. The first-order chi connectivity index (χ1) is 18.2. The summed E-state index contributed by atoms with van der Waals surface area (Å²) in [5.41, 5.74) is 0.852. The SMILES string of the molecule is Cc1noc(=O)c2ccc(NC(=O)C(O)(CCc3ccccc3)CC(C)(C)c3cccc4ccoc34)cc12. The number of anilines is 1. The second kappa shape index (κ2) is 9.91. The number of aliphatic hydroxyl groups is 1. The van der Waals surface area contributed by atoms with Gasteiger partial charge in [-0.25, -0.2) is 4.79 Å². The van der Waals surface area contributed by atoms with E-state index in [0.717, 1.165) is 22.1 Å². The maximum absolute atomic E-state index is 13.8. The van der Waals surface area contributed by atoms with Gasteiger partial charge in [-0.1, -0.05) is 67.5 Å². The minimum Gasteiger partial charge on any atom is -0.464 e. The van der Waals surface area contributed by atoms with Crippen LogP contribution in [0.4, 0.5) is 5.69 Å². The quantitative estimate of drug-likeness (QED) is 0.269. The number of rotatable bonds is 8. The standard InChI is InChI=1S/C31H30N2O5/c1-20-25-18-23(12-13-24(25)28(34)38-33-20)32-29(35)31(36,16-14-21-8-5-4-6-9-21)19-30(2,3)26-11-7-10-22-15-17-37-27(22)26/h4-13,15,17-18,36H,14,16,19H2,1-3H3,(H,32,35). The molecular formula is C31H30N2O5. The van der Waals surface area contributed by atoms with Gasteiger partial charge in [-0.15, -0.1) is 0 Å². The minimum absolute atomic E-state index is 0.163. The van der Waals surface area contributed by atoms with Gasteiger partial charge in [0.25, 0.3) is 5.91 Å². The Morgan fingerprint density at radius 2 is 1.79 bits per heavy atom. The number of para-hydroxylation sites is 1. The van der Waals surface area contributed by atoms with Crippen LogP contribution < -0.4 is 10.9 Å². The smallest absolute Gasteiger partial charge is 0.366 e. The molecule has 2 heterocycles. The van der Waals surface area contributed by atoms with E-state index < -0.39 is 22.5 Å². The van der Waals surface area contributed by atoms with E-state index in [4.69, 9.17) is 8.94 Å². The molecule has 1 amide bonds. The van der Waals surface area contributed by atoms with Gasteiger partial charge in [0.2, 0.25) is 0 Å². The largest absolute Gasteiger partial charge is 0.464 e. The molecular weight excluding hydrogens is 480 g/mol. The molecule has 5 aromatic rings. The summed E-state index contributed by atoms with van der Waals surface area (Å²) >= 11 is 0. The Morgan fingerprint density at radius 1 is 1.00 bits per heavy atom. The Morgan fingerprint density at radius 3 is 2.58 bits per heavy atom. The molecule has 38 heavy (non-hydrogen) atoms. The van der Waals surface area contributed by atoms with Gasteiger partial charge in [0.15, 0.2) is 0 Å². The van der Waals surface area contributed by atoms with Crippen molar-refractivity contribution in [2.45, 2.75) is 51.0 Å². The normalized spacial score (nSPS) is 13.5. The van der Waals surface area contributed by atoms with Crippen molar-refractivity contribution in [1.82, 2.24) is 5.16 Å². The first kappa shape index (κ1) is 25.4. The fourth-order valence-corrected chi connectivity index (χ4v) is 5.19. The van der Waals surface area contributed by atoms with Gasteiger partial charge in [0.1, 0.15) is 11.2 Å². The average Bonchev–Trinajstić information content (AvgIpc) is 3.39. The van der Waals surface area contributed by atoms with Crippen molar-refractivity contribution in [3.05, 3.63) is 106 Å². The van der Waals surface area contributed by atoms with Gasteiger partial charge >= 0.3 is 5.63 Å². The molecule has 0 aliphatic carbocycles. The molecule has 0 aliphatic heterocycles. The molecule has 194 valence electrons. The van der Waals surface area contributed by atoms with Gasteiger partial charge in [0.05, 0.1) is 17.3 Å². The highest BCUT2D eigenvalue weighted by molar-refractivity contribution is 5.99. The number of nitrogens with zero attached hydrogens (tertiary/aromatic N) is 1. The van der Waals surface area contributed by atoms with Crippen molar-refractivity contribution in [1.29, 1.82) is 0 Å². The Balaban J connectivity index is 1.48. The molecule has 0 aliphatic rings. The number of hydrogen-bond donors (Lipinski definition) is 2. The van der Waals surface area contributed by atoms with Crippen molar-refractivity contribution in [2.75, 3.05) is 5.32 Å². The van der Waals surface area contributed by atoms with Gasteiger partial charge < -0.3 is 19.4 Å². The second-order valence-corrected chi connectivity index (χ2v) is 10.5. The summed E-state index contributed by atoms with van der Waals surface area (Å²) < 4.78 is 10.6. The van der Waals surface area contributed by atoms with Crippen LogP contribution in [0.15, 0.2) is 92.8 Å². The van der Waals surface area contributed by atoms with Crippen LogP contribution in [0.25, 0.3) is 21.7 Å². The number of hydrogen-bond acceptors (Lipinski definition) is 6. The molecule has 0 bridgehead atoms. The van der Waals surface area contributed by atoms with Crippen molar-refractivity contribution < 1.29 is 18.8 Å². The maximum Gasteiger partial charge on any atom is 0.366 e. The summed E-state index contributed by atoms with van der Waals surface area (Å²) in [6, 6.07) is 22.5. The van der Waals surface area contributed by atoms with E-state index in [1.807, 2.05) is 68.4 Å². The Kier molecular flexibility index (Phi) is 6.63. The summed E-state index contributed by atoms with van der Waals surface area (Å²) in [6.07, 6.45) is 2.55.